The summed E-state index contributed by atoms with van der Waals surface area (Å²) in [5.41, 5.74) is -2.34. The fourth-order valence-electron chi connectivity index (χ4n) is 2.46. The number of hydrogen-bond acceptors (Lipinski definition) is 9. The number of aliphatic hydroxyl groups is 3. The van der Waals surface area contributed by atoms with E-state index in [9.17, 15) is 29.7 Å². The average molecular weight is 428 g/mol. The molecule has 0 spiro atoms. The van der Waals surface area contributed by atoms with Crippen LogP contribution in [0, 0.1) is 5.41 Å². The molecule has 0 aromatic rings. The Kier molecular flexibility index (Phi) is 10.7. The zero-order chi connectivity index (χ0) is 23.7. The van der Waals surface area contributed by atoms with Crippen LogP contribution < -0.4 is 0 Å². The predicted octanol–water partition coefficient (Wildman–Crippen LogP) is 1.17. The van der Waals surface area contributed by atoms with E-state index in [1.54, 1.807) is 6.92 Å². The van der Waals surface area contributed by atoms with Gasteiger partial charge in [0.15, 0.2) is 6.10 Å². The summed E-state index contributed by atoms with van der Waals surface area (Å²) in [6.45, 7) is 13.2. The van der Waals surface area contributed by atoms with Gasteiger partial charge >= 0.3 is 23.7 Å². The van der Waals surface area contributed by atoms with Crippen molar-refractivity contribution in [3.63, 3.8) is 0 Å². The summed E-state index contributed by atoms with van der Waals surface area (Å²) in [6, 6.07) is 0. The molecular weight excluding hydrogens is 396 g/mol. The first-order chi connectivity index (χ1) is 13.9. The second-order valence-corrected chi connectivity index (χ2v) is 7.22. The van der Waals surface area contributed by atoms with Gasteiger partial charge in [-0.05, 0) is 27.2 Å². The van der Waals surface area contributed by atoms with Gasteiger partial charge in [-0.3, -0.25) is 0 Å². The molecule has 0 saturated carbocycles. The van der Waals surface area contributed by atoms with Crippen molar-refractivity contribution >= 4 is 17.9 Å². The third kappa shape index (κ3) is 6.01. The third-order valence-electron chi connectivity index (χ3n) is 4.41. The maximum atomic E-state index is 12.5. The minimum Gasteiger partial charge on any atom is -0.451 e. The van der Waals surface area contributed by atoms with Crippen LogP contribution in [0.25, 0.3) is 0 Å². The molecule has 0 bridgehead atoms. The molecule has 0 amide bonds. The van der Waals surface area contributed by atoms with Crippen molar-refractivity contribution in [2.75, 3.05) is 19.8 Å². The van der Waals surface area contributed by atoms with Gasteiger partial charge in [0, 0.05) is 16.7 Å². The summed E-state index contributed by atoms with van der Waals surface area (Å²) in [5.74, 6) is -5.61. The first-order valence-corrected chi connectivity index (χ1v) is 9.34. The van der Waals surface area contributed by atoms with Gasteiger partial charge in [-0.15, -0.1) is 0 Å². The van der Waals surface area contributed by atoms with E-state index in [1.165, 1.54) is 20.8 Å². The van der Waals surface area contributed by atoms with Gasteiger partial charge in [-0.25, -0.2) is 14.4 Å². The monoisotopic (exact) mass is 428 g/mol. The average Bonchev–Trinajstić information content (AvgIpc) is 2.68. The number of esters is 3. The minimum atomic E-state index is -2.60. The Morgan fingerprint density at radius 2 is 1.17 bits per heavy atom. The Morgan fingerprint density at radius 3 is 1.43 bits per heavy atom. The van der Waals surface area contributed by atoms with E-state index >= 15 is 0 Å². The Balaban J connectivity index is 7.02. The molecule has 0 aliphatic heterocycles. The van der Waals surface area contributed by atoms with Gasteiger partial charge in [0.05, 0.1) is 19.8 Å². The molecule has 9 heteroatoms. The first kappa shape index (κ1) is 27.5. The number of carbonyl (C=O) groups is 3. The molecule has 30 heavy (non-hydrogen) atoms. The molecule has 0 rings (SSSR count). The van der Waals surface area contributed by atoms with Crippen LogP contribution >= 0.6 is 0 Å². The zero-order valence-electron chi connectivity index (χ0n) is 18.0. The highest BCUT2D eigenvalue weighted by Crippen LogP contribution is 2.42. The SMILES string of the molecule is C=C(C)C(=O)OC(CCC)C(OC(=O)C(=C)C)(OC(=O)C(=C)C)C(CO)(CO)CO. The van der Waals surface area contributed by atoms with Crippen LogP contribution in [0.2, 0.25) is 0 Å². The van der Waals surface area contributed by atoms with E-state index in [2.05, 4.69) is 19.7 Å². The van der Waals surface area contributed by atoms with Crippen LogP contribution in [0.5, 0.6) is 0 Å². The summed E-state index contributed by atoms with van der Waals surface area (Å²) in [7, 11) is 0. The van der Waals surface area contributed by atoms with Crippen LogP contribution in [-0.4, -0.2) is 64.9 Å². The van der Waals surface area contributed by atoms with Crippen LogP contribution in [-0.2, 0) is 28.6 Å². The predicted molar refractivity (Wildman–Crippen MR) is 108 cm³/mol. The standard InChI is InChI=1S/C21H32O9/c1-8-9-16(28-17(25)13(2)3)21(29-18(26)14(4)5,30-19(27)15(6)7)20(10-22,11-23)12-24/h16,22-24H,2,4,6,8-12H2,1,3,5,7H3. The van der Waals surface area contributed by atoms with Crippen LogP contribution in [0.3, 0.4) is 0 Å². The lowest BCUT2D eigenvalue weighted by molar-refractivity contribution is -0.325. The topological polar surface area (TPSA) is 140 Å². The highest BCUT2D eigenvalue weighted by atomic mass is 16.8. The summed E-state index contributed by atoms with van der Waals surface area (Å²) >= 11 is 0. The molecule has 0 radical (unpaired) electrons. The molecule has 0 fully saturated rings. The lowest BCUT2D eigenvalue weighted by Gasteiger charge is -2.48. The molecule has 0 saturated heterocycles. The Bertz CT molecular complexity index is 652. The normalized spacial score (nSPS) is 12.5. The lowest BCUT2D eigenvalue weighted by Crippen LogP contribution is -2.67. The molecule has 0 aliphatic carbocycles. The van der Waals surface area contributed by atoms with E-state index in [0.29, 0.717) is 6.42 Å². The molecule has 1 unspecified atom stereocenters. The highest BCUT2D eigenvalue weighted by molar-refractivity contribution is 5.90. The van der Waals surface area contributed by atoms with Crippen molar-refractivity contribution in [2.45, 2.75) is 52.4 Å². The number of ether oxygens (including phenoxy) is 3. The maximum absolute atomic E-state index is 12.5. The van der Waals surface area contributed by atoms with Crippen molar-refractivity contribution in [2.24, 2.45) is 5.41 Å². The molecule has 170 valence electrons. The van der Waals surface area contributed by atoms with Crippen molar-refractivity contribution in [1.29, 1.82) is 0 Å². The van der Waals surface area contributed by atoms with E-state index in [0.717, 1.165) is 0 Å². The van der Waals surface area contributed by atoms with Gasteiger partial charge in [0.1, 0.15) is 5.41 Å². The smallest absolute Gasteiger partial charge is 0.336 e. The van der Waals surface area contributed by atoms with Gasteiger partial charge in [-0.1, -0.05) is 33.1 Å². The van der Waals surface area contributed by atoms with Crippen molar-refractivity contribution in [3.8, 4) is 0 Å². The number of aliphatic hydroxyl groups excluding tert-OH is 3. The first-order valence-electron chi connectivity index (χ1n) is 9.34. The van der Waals surface area contributed by atoms with Gasteiger partial charge in [-0.2, -0.15) is 0 Å². The van der Waals surface area contributed by atoms with Crippen LogP contribution in [0.1, 0.15) is 40.5 Å². The second kappa shape index (κ2) is 11.6. The van der Waals surface area contributed by atoms with Gasteiger partial charge in [0.25, 0.3) is 0 Å². The summed E-state index contributed by atoms with van der Waals surface area (Å²) < 4.78 is 16.3. The van der Waals surface area contributed by atoms with Gasteiger partial charge in [0.2, 0.25) is 0 Å². The number of carbonyl (C=O) groups excluding carboxylic acids is 3. The van der Waals surface area contributed by atoms with E-state index in [4.69, 9.17) is 14.2 Å². The molecule has 1 atom stereocenters. The van der Waals surface area contributed by atoms with Crippen molar-refractivity contribution in [3.05, 3.63) is 36.5 Å². The van der Waals surface area contributed by atoms with Crippen LogP contribution in [0.15, 0.2) is 36.5 Å². The molecule has 9 nitrogen and oxygen atoms in total. The Hall–Kier alpha value is -2.49. The van der Waals surface area contributed by atoms with Crippen molar-refractivity contribution < 1.29 is 43.9 Å². The Labute approximate surface area is 176 Å². The van der Waals surface area contributed by atoms with E-state index in [-0.39, 0.29) is 23.1 Å². The second-order valence-electron chi connectivity index (χ2n) is 7.22. The lowest BCUT2D eigenvalue weighted by atomic mass is 9.76. The molecule has 3 N–H and O–H groups in total. The summed E-state index contributed by atoms with van der Waals surface area (Å²) in [4.78, 5) is 37.3. The fraction of sp³-hybridized carbons (Fsp3) is 0.571. The molecular formula is C21H32O9. The molecule has 0 aromatic heterocycles. The number of hydrogen-bond donors (Lipinski definition) is 3. The molecule has 0 aromatic carbocycles. The van der Waals surface area contributed by atoms with Crippen LogP contribution in [0.4, 0.5) is 0 Å². The summed E-state index contributed by atoms with van der Waals surface area (Å²) in [6.07, 6.45) is -1.18. The fourth-order valence-corrected chi connectivity index (χ4v) is 2.46. The quantitative estimate of drug-likeness (QED) is 0.224. The molecule has 0 heterocycles. The third-order valence-corrected chi connectivity index (χ3v) is 4.41. The zero-order valence-corrected chi connectivity index (χ0v) is 18.0. The number of rotatable bonds is 13. The minimum absolute atomic E-state index is 0.00468. The van der Waals surface area contributed by atoms with Gasteiger partial charge < -0.3 is 29.5 Å². The molecule has 0 aliphatic rings. The van der Waals surface area contributed by atoms with E-state index in [1.807, 2.05) is 0 Å². The van der Waals surface area contributed by atoms with Crippen molar-refractivity contribution in [1.82, 2.24) is 0 Å². The Morgan fingerprint density at radius 1 is 0.800 bits per heavy atom. The largest absolute Gasteiger partial charge is 0.451 e. The van der Waals surface area contributed by atoms with E-state index < -0.39 is 55.0 Å². The highest BCUT2D eigenvalue weighted by Gasteiger charge is 2.64. The maximum Gasteiger partial charge on any atom is 0.336 e. The summed E-state index contributed by atoms with van der Waals surface area (Å²) in [5, 5.41) is 30.2.